The van der Waals surface area contributed by atoms with Crippen LogP contribution < -0.4 is 4.74 Å². The highest BCUT2D eigenvalue weighted by Crippen LogP contribution is 2.44. The van der Waals surface area contributed by atoms with Gasteiger partial charge < -0.3 is 4.74 Å². The van der Waals surface area contributed by atoms with E-state index in [1.54, 1.807) is 0 Å². The van der Waals surface area contributed by atoms with Gasteiger partial charge in [0.1, 0.15) is 17.3 Å². The number of nitrogens with zero attached hydrogens (tertiary/aromatic N) is 4. The molecule has 49 heavy (non-hydrogen) atoms. The van der Waals surface area contributed by atoms with E-state index in [-0.39, 0.29) is 5.41 Å². The van der Waals surface area contributed by atoms with Crippen LogP contribution in [-0.4, -0.2) is 19.3 Å². The molecule has 0 fully saturated rings. The minimum atomic E-state index is -0.0826. The molecule has 1 unspecified atom stereocenters. The molecule has 7 rings (SSSR count). The first-order chi connectivity index (χ1) is 23.4. The summed E-state index contributed by atoms with van der Waals surface area (Å²) < 4.78 is 11.3. The standard InChI is InChI=1S/C44H50N4O/c1-10-31-20-21-45-40(22-31)47-38-17-12-11-16-36(38)37-19-18-34(26-39(37)47)49-35-24-32(44(7,8)9)23-33(25-35)48-43(27(2)3)42(30(6)46-48)41-28(4)14-13-15-29(41)5/h11-12,14,16-27,29,41H,10,13,15H2,1-9H3/t29-,41?/m0/s1. The average molecular weight is 651 g/mol. The normalized spacial score (nSPS) is 16.9. The first-order valence-corrected chi connectivity index (χ1v) is 18.0. The van der Waals surface area contributed by atoms with Crippen molar-refractivity contribution in [2.75, 3.05) is 0 Å². The van der Waals surface area contributed by atoms with Crippen LogP contribution in [0.4, 0.5) is 0 Å². The molecule has 0 amide bonds. The van der Waals surface area contributed by atoms with Gasteiger partial charge in [0, 0.05) is 40.6 Å². The number of aryl methyl sites for hydroxylation is 2. The van der Waals surface area contributed by atoms with Gasteiger partial charge in [0.15, 0.2) is 0 Å². The van der Waals surface area contributed by atoms with Crippen LogP contribution >= 0.6 is 0 Å². The van der Waals surface area contributed by atoms with Crippen molar-refractivity contribution in [2.45, 2.75) is 98.8 Å². The van der Waals surface area contributed by atoms with E-state index in [0.29, 0.717) is 17.8 Å². The van der Waals surface area contributed by atoms with Crippen molar-refractivity contribution in [3.05, 3.63) is 119 Å². The molecule has 5 nitrogen and oxygen atoms in total. The monoisotopic (exact) mass is 650 g/mol. The molecular weight excluding hydrogens is 601 g/mol. The van der Waals surface area contributed by atoms with Crippen molar-refractivity contribution in [3.8, 4) is 23.0 Å². The number of para-hydroxylation sites is 1. The van der Waals surface area contributed by atoms with Gasteiger partial charge in [0.05, 0.1) is 28.1 Å². The number of hydrogen-bond donors (Lipinski definition) is 0. The van der Waals surface area contributed by atoms with Crippen LogP contribution in [0, 0.1) is 12.8 Å². The van der Waals surface area contributed by atoms with Crippen LogP contribution in [0.3, 0.4) is 0 Å². The number of hydrogen-bond acceptors (Lipinski definition) is 3. The number of pyridine rings is 1. The van der Waals surface area contributed by atoms with Crippen molar-refractivity contribution in [2.24, 2.45) is 5.92 Å². The number of fused-ring (bicyclic) bond motifs is 3. The second-order valence-electron chi connectivity index (χ2n) is 15.4. The van der Waals surface area contributed by atoms with Gasteiger partial charge in [-0.15, -0.1) is 0 Å². The van der Waals surface area contributed by atoms with E-state index in [1.165, 1.54) is 45.2 Å². The number of allylic oxidation sites excluding steroid dienone is 2. The molecule has 3 aromatic carbocycles. The van der Waals surface area contributed by atoms with Crippen LogP contribution in [0.5, 0.6) is 11.5 Å². The van der Waals surface area contributed by atoms with Gasteiger partial charge >= 0.3 is 0 Å². The maximum Gasteiger partial charge on any atom is 0.137 e. The van der Waals surface area contributed by atoms with E-state index < -0.39 is 0 Å². The summed E-state index contributed by atoms with van der Waals surface area (Å²) in [5.74, 6) is 3.81. The molecule has 0 saturated heterocycles. The first kappa shape index (κ1) is 32.9. The van der Waals surface area contributed by atoms with E-state index in [9.17, 15) is 0 Å². The summed E-state index contributed by atoms with van der Waals surface area (Å²) in [6, 6.07) is 25.9. The first-order valence-electron chi connectivity index (χ1n) is 18.0. The Hall–Kier alpha value is -4.64. The number of aromatic nitrogens is 4. The Kier molecular flexibility index (Phi) is 8.50. The van der Waals surface area contributed by atoms with Gasteiger partial charge in [-0.25, -0.2) is 9.67 Å². The number of ether oxygens (including phenoxy) is 1. The summed E-state index contributed by atoms with van der Waals surface area (Å²) in [5.41, 5.74) is 10.9. The fourth-order valence-electron chi connectivity index (χ4n) is 7.92. The smallest absolute Gasteiger partial charge is 0.137 e. The maximum atomic E-state index is 6.82. The van der Waals surface area contributed by atoms with Crippen LogP contribution in [0.1, 0.15) is 108 Å². The van der Waals surface area contributed by atoms with Gasteiger partial charge in [-0.3, -0.25) is 4.57 Å². The summed E-state index contributed by atoms with van der Waals surface area (Å²) >= 11 is 0. The highest BCUT2D eigenvalue weighted by molar-refractivity contribution is 6.09. The largest absolute Gasteiger partial charge is 0.457 e. The van der Waals surface area contributed by atoms with Crippen molar-refractivity contribution in [1.29, 1.82) is 0 Å². The van der Waals surface area contributed by atoms with E-state index in [4.69, 9.17) is 14.8 Å². The molecule has 0 bridgehead atoms. The Morgan fingerprint density at radius 2 is 1.67 bits per heavy atom. The van der Waals surface area contributed by atoms with Gasteiger partial charge in [-0.2, -0.15) is 5.10 Å². The SMILES string of the molecule is CCc1ccnc(-n2c3ccccc3c3ccc(Oc4cc(-n5nc(C)c(C6C(C)=CCC[C@@H]6C)c5C(C)C)cc(C(C)(C)C)c4)cc32)c1. The average Bonchev–Trinajstić information content (AvgIpc) is 3.59. The van der Waals surface area contributed by atoms with E-state index >= 15 is 0 Å². The molecular formula is C44H50N4O. The van der Waals surface area contributed by atoms with Crippen LogP contribution in [-0.2, 0) is 11.8 Å². The fourth-order valence-corrected chi connectivity index (χ4v) is 7.92. The predicted molar refractivity (Wildman–Crippen MR) is 204 cm³/mol. The third kappa shape index (κ3) is 5.98. The lowest BCUT2D eigenvalue weighted by atomic mass is 9.74. The zero-order valence-electron chi connectivity index (χ0n) is 30.6. The molecule has 5 heteroatoms. The third-order valence-corrected chi connectivity index (χ3v) is 10.5. The lowest BCUT2D eigenvalue weighted by Crippen LogP contribution is -2.18. The molecule has 252 valence electrons. The third-order valence-electron chi connectivity index (χ3n) is 10.5. The highest BCUT2D eigenvalue weighted by atomic mass is 16.5. The lowest BCUT2D eigenvalue weighted by molar-refractivity contribution is 0.445. The van der Waals surface area contributed by atoms with Crippen molar-refractivity contribution in [1.82, 2.24) is 19.3 Å². The Bertz CT molecular complexity index is 2210. The van der Waals surface area contributed by atoms with Crippen LogP contribution in [0.15, 0.2) is 90.6 Å². The zero-order valence-corrected chi connectivity index (χ0v) is 30.6. The molecule has 2 atom stereocenters. The molecule has 0 saturated carbocycles. The van der Waals surface area contributed by atoms with Crippen molar-refractivity contribution >= 4 is 21.8 Å². The maximum absolute atomic E-state index is 6.82. The van der Waals surface area contributed by atoms with Crippen LogP contribution in [0.25, 0.3) is 33.3 Å². The Morgan fingerprint density at radius 1 is 0.898 bits per heavy atom. The number of rotatable bonds is 7. The molecule has 3 aromatic heterocycles. The minimum Gasteiger partial charge on any atom is -0.457 e. The Labute approximate surface area is 291 Å². The molecule has 1 aliphatic rings. The van der Waals surface area contributed by atoms with Gasteiger partial charge in [0.2, 0.25) is 0 Å². The summed E-state index contributed by atoms with van der Waals surface area (Å²) in [4.78, 5) is 4.81. The zero-order chi connectivity index (χ0) is 34.6. The summed E-state index contributed by atoms with van der Waals surface area (Å²) in [6.07, 6.45) is 7.68. The van der Waals surface area contributed by atoms with Gasteiger partial charge in [0.25, 0.3) is 0 Å². The minimum absolute atomic E-state index is 0.0826. The Morgan fingerprint density at radius 3 is 2.41 bits per heavy atom. The van der Waals surface area contributed by atoms with E-state index in [1.807, 2.05) is 6.20 Å². The second kappa shape index (κ2) is 12.7. The topological polar surface area (TPSA) is 44.9 Å². The number of benzene rings is 3. The molecule has 0 spiro atoms. The van der Waals surface area contributed by atoms with Crippen LogP contribution in [0.2, 0.25) is 0 Å². The quantitative estimate of drug-likeness (QED) is 0.162. The highest BCUT2D eigenvalue weighted by Gasteiger charge is 2.32. The van der Waals surface area contributed by atoms with E-state index in [2.05, 4.69) is 150 Å². The lowest BCUT2D eigenvalue weighted by Gasteiger charge is -2.30. The summed E-state index contributed by atoms with van der Waals surface area (Å²) in [5, 5.41) is 7.65. The molecule has 6 aromatic rings. The van der Waals surface area contributed by atoms with Crippen molar-refractivity contribution in [3.63, 3.8) is 0 Å². The molecule has 0 N–H and O–H groups in total. The molecule has 3 heterocycles. The Balaban J connectivity index is 1.37. The summed E-state index contributed by atoms with van der Waals surface area (Å²) in [6.45, 7) is 20.5. The van der Waals surface area contributed by atoms with Gasteiger partial charge in [-0.05, 0) is 104 Å². The fraction of sp³-hybridized carbons (Fsp3) is 0.364. The van der Waals surface area contributed by atoms with Gasteiger partial charge in [-0.1, -0.05) is 78.3 Å². The molecule has 0 aliphatic heterocycles. The second-order valence-corrected chi connectivity index (χ2v) is 15.4. The molecule has 1 aliphatic carbocycles. The van der Waals surface area contributed by atoms with E-state index in [0.717, 1.165) is 52.6 Å². The molecule has 0 radical (unpaired) electrons. The summed E-state index contributed by atoms with van der Waals surface area (Å²) in [7, 11) is 0. The predicted octanol–water partition coefficient (Wildman–Crippen LogP) is 11.9. The van der Waals surface area contributed by atoms with Crippen molar-refractivity contribution < 1.29 is 4.74 Å².